The molecule has 0 amide bonds. The van der Waals surface area contributed by atoms with Gasteiger partial charge in [-0.2, -0.15) is 0 Å². The third-order valence-corrected chi connectivity index (χ3v) is 4.32. The summed E-state index contributed by atoms with van der Waals surface area (Å²) < 4.78 is 1.84. The number of halogens is 2. The fourth-order valence-electron chi connectivity index (χ4n) is 2.34. The van der Waals surface area contributed by atoms with E-state index in [1.807, 2.05) is 43.3 Å². The van der Waals surface area contributed by atoms with Gasteiger partial charge in [0.2, 0.25) is 0 Å². The van der Waals surface area contributed by atoms with E-state index >= 15 is 0 Å². The molecule has 3 rings (SSSR count). The van der Waals surface area contributed by atoms with Gasteiger partial charge in [0, 0.05) is 37.2 Å². The SMILES string of the molecule is Cc1cc(Br)cc(C(=O)c2c[nH]c3cccc(Br)c23)c1. The number of aromatic amines is 1. The second kappa shape index (κ2) is 5.19. The van der Waals surface area contributed by atoms with Gasteiger partial charge in [-0.3, -0.25) is 4.79 Å². The van der Waals surface area contributed by atoms with Crippen LogP contribution in [0.4, 0.5) is 0 Å². The molecule has 0 aliphatic carbocycles. The lowest BCUT2D eigenvalue weighted by molar-refractivity contribution is 0.104. The largest absolute Gasteiger partial charge is 0.360 e. The van der Waals surface area contributed by atoms with E-state index in [9.17, 15) is 4.79 Å². The van der Waals surface area contributed by atoms with E-state index in [0.717, 1.165) is 25.4 Å². The van der Waals surface area contributed by atoms with Crippen molar-refractivity contribution in [1.82, 2.24) is 4.98 Å². The van der Waals surface area contributed by atoms with Gasteiger partial charge in [0.05, 0.1) is 0 Å². The van der Waals surface area contributed by atoms with Crippen LogP contribution in [0.15, 0.2) is 51.5 Å². The number of carbonyl (C=O) groups is 1. The molecule has 0 spiro atoms. The van der Waals surface area contributed by atoms with Gasteiger partial charge in [0.25, 0.3) is 0 Å². The molecule has 0 fully saturated rings. The van der Waals surface area contributed by atoms with E-state index in [1.165, 1.54) is 0 Å². The normalized spacial score (nSPS) is 10.9. The van der Waals surface area contributed by atoms with Crippen molar-refractivity contribution in [2.24, 2.45) is 0 Å². The quantitative estimate of drug-likeness (QED) is 0.595. The Morgan fingerprint density at radius 1 is 1.15 bits per heavy atom. The molecule has 1 N–H and O–H groups in total. The topological polar surface area (TPSA) is 32.9 Å². The lowest BCUT2D eigenvalue weighted by Gasteiger charge is -2.04. The highest BCUT2D eigenvalue weighted by atomic mass is 79.9. The molecular formula is C16H11Br2NO. The molecule has 4 heteroatoms. The molecule has 2 nitrogen and oxygen atoms in total. The number of ketones is 1. The Bertz CT molecular complexity index is 800. The van der Waals surface area contributed by atoms with Crippen LogP contribution in [0, 0.1) is 6.92 Å². The van der Waals surface area contributed by atoms with Crippen LogP contribution in [0.3, 0.4) is 0 Å². The average molecular weight is 393 g/mol. The summed E-state index contributed by atoms with van der Waals surface area (Å²) in [6, 6.07) is 11.6. The van der Waals surface area contributed by atoms with Crippen molar-refractivity contribution in [3.05, 3.63) is 68.2 Å². The Morgan fingerprint density at radius 2 is 1.95 bits per heavy atom. The number of rotatable bonds is 2. The van der Waals surface area contributed by atoms with Gasteiger partial charge in [-0.25, -0.2) is 0 Å². The highest BCUT2D eigenvalue weighted by Crippen LogP contribution is 2.29. The van der Waals surface area contributed by atoms with Crippen LogP contribution in [-0.2, 0) is 0 Å². The zero-order valence-electron chi connectivity index (χ0n) is 10.7. The monoisotopic (exact) mass is 391 g/mol. The summed E-state index contributed by atoms with van der Waals surface area (Å²) in [6.07, 6.45) is 1.77. The van der Waals surface area contributed by atoms with Gasteiger partial charge in [-0.1, -0.05) is 37.9 Å². The van der Waals surface area contributed by atoms with E-state index in [4.69, 9.17) is 0 Å². The van der Waals surface area contributed by atoms with E-state index in [1.54, 1.807) is 6.20 Å². The third kappa shape index (κ3) is 2.34. The van der Waals surface area contributed by atoms with Crippen LogP contribution >= 0.6 is 31.9 Å². The molecule has 0 saturated carbocycles. The Balaban J connectivity index is 2.18. The number of fused-ring (bicyclic) bond motifs is 1. The minimum atomic E-state index is 0.0209. The summed E-state index contributed by atoms with van der Waals surface area (Å²) in [7, 11) is 0. The standard InChI is InChI=1S/C16H11Br2NO/c1-9-5-10(7-11(17)6-9)16(20)12-8-19-14-4-2-3-13(18)15(12)14/h2-8,19H,1H3. The van der Waals surface area contributed by atoms with Crippen LogP contribution in [-0.4, -0.2) is 10.8 Å². The Labute approximate surface area is 133 Å². The maximum absolute atomic E-state index is 12.7. The van der Waals surface area contributed by atoms with E-state index in [-0.39, 0.29) is 5.78 Å². The molecule has 0 aliphatic rings. The van der Waals surface area contributed by atoms with Crippen LogP contribution < -0.4 is 0 Å². The highest BCUT2D eigenvalue weighted by Gasteiger charge is 2.16. The molecule has 0 unspecified atom stereocenters. The first kappa shape index (κ1) is 13.6. The Morgan fingerprint density at radius 3 is 2.70 bits per heavy atom. The van der Waals surface area contributed by atoms with Crippen molar-refractivity contribution < 1.29 is 4.79 Å². The molecule has 3 aromatic rings. The predicted octanol–water partition coefficient (Wildman–Crippen LogP) is 5.23. The molecule has 1 heterocycles. The van der Waals surface area contributed by atoms with Gasteiger partial charge in [-0.15, -0.1) is 0 Å². The summed E-state index contributed by atoms with van der Waals surface area (Å²) in [5.74, 6) is 0.0209. The average Bonchev–Trinajstić information content (AvgIpc) is 2.82. The van der Waals surface area contributed by atoms with Crippen LogP contribution in [0.1, 0.15) is 21.5 Å². The van der Waals surface area contributed by atoms with Gasteiger partial charge >= 0.3 is 0 Å². The number of hydrogen-bond donors (Lipinski definition) is 1. The third-order valence-electron chi connectivity index (χ3n) is 3.20. The first-order chi connectivity index (χ1) is 9.56. The van der Waals surface area contributed by atoms with Gasteiger partial charge < -0.3 is 4.98 Å². The minimum absolute atomic E-state index is 0.0209. The zero-order chi connectivity index (χ0) is 14.3. The van der Waals surface area contributed by atoms with Crippen molar-refractivity contribution in [3.63, 3.8) is 0 Å². The summed E-state index contributed by atoms with van der Waals surface area (Å²) in [4.78, 5) is 15.9. The zero-order valence-corrected chi connectivity index (χ0v) is 13.9. The highest BCUT2D eigenvalue weighted by molar-refractivity contribution is 9.11. The maximum atomic E-state index is 12.7. The predicted molar refractivity (Wildman–Crippen MR) is 88.3 cm³/mol. The van der Waals surface area contributed by atoms with E-state index in [2.05, 4.69) is 36.8 Å². The fourth-order valence-corrected chi connectivity index (χ4v) is 3.53. The molecule has 100 valence electrons. The van der Waals surface area contributed by atoms with Gasteiger partial charge in [0.1, 0.15) is 0 Å². The van der Waals surface area contributed by atoms with Gasteiger partial charge in [0.15, 0.2) is 5.78 Å². The van der Waals surface area contributed by atoms with Gasteiger partial charge in [-0.05, 0) is 42.8 Å². The van der Waals surface area contributed by atoms with Crippen molar-refractivity contribution in [3.8, 4) is 0 Å². The lowest BCUT2D eigenvalue weighted by Crippen LogP contribution is -2.01. The molecule has 1 aromatic heterocycles. The van der Waals surface area contributed by atoms with Crippen molar-refractivity contribution in [2.75, 3.05) is 0 Å². The first-order valence-electron chi connectivity index (χ1n) is 6.14. The fraction of sp³-hybridized carbons (Fsp3) is 0.0625. The number of aryl methyl sites for hydroxylation is 1. The molecule has 20 heavy (non-hydrogen) atoms. The van der Waals surface area contributed by atoms with Crippen molar-refractivity contribution >= 4 is 48.5 Å². The Kier molecular flexibility index (Phi) is 3.52. The van der Waals surface area contributed by atoms with Crippen LogP contribution in [0.25, 0.3) is 10.9 Å². The molecule has 0 radical (unpaired) electrons. The molecule has 0 bridgehead atoms. The number of nitrogens with one attached hydrogen (secondary N) is 1. The summed E-state index contributed by atoms with van der Waals surface area (Å²) in [5, 5.41) is 0.926. The summed E-state index contributed by atoms with van der Waals surface area (Å²) in [6.45, 7) is 1.98. The molecule has 2 aromatic carbocycles. The maximum Gasteiger partial charge on any atom is 0.195 e. The second-order valence-electron chi connectivity index (χ2n) is 4.71. The lowest BCUT2D eigenvalue weighted by atomic mass is 10.0. The molecule has 0 atom stereocenters. The molecular weight excluding hydrogens is 382 g/mol. The van der Waals surface area contributed by atoms with Crippen LogP contribution in [0.5, 0.6) is 0 Å². The number of carbonyl (C=O) groups excluding carboxylic acids is 1. The number of benzene rings is 2. The van der Waals surface area contributed by atoms with Crippen LogP contribution in [0.2, 0.25) is 0 Å². The van der Waals surface area contributed by atoms with Crippen molar-refractivity contribution in [1.29, 1.82) is 0 Å². The van der Waals surface area contributed by atoms with E-state index in [0.29, 0.717) is 11.1 Å². The first-order valence-corrected chi connectivity index (χ1v) is 7.72. The number of hydrogen-bond acceptors (Lipinski definition) is 1. The number of aromatic nitrogens is 1. The number of H-pyrrole nitrogens is 1. The minimum Gasteiger partial charge on any atom is -0.360 e. The molecule has 0 aliphatic heterocycles. The Hall–Kier alpha value is -1.39. The van der Waals surface area contributed by atoms with Crippen molar-refractivity contribution in [2.45, 2.75) is 6.92 Å². The summed E-state index contributed by atoms with van der Waals surface area (Å²) in [5.41, 5.74) is 3.38. The summed E-state index contributed by atoms with van der Waals surface area (Å²) >= 11 is 6.95. The van der Waals surface area contributed by atoms with E-state index < -0.39 is 0 Å². The molecule has 0 saturated heterocycles. The smallest absolute Gasteiger partial charge is 0.195 e. The second-order valence-corrected chi connectivity index (χ2v) is 6.48.